The van der Waals surface area contributed by atoms with Crippen LogP contribution in [0.4, 0.5) is 4.39 Å². The van der Waals surface area contributed by atoms with Crippen molar-refractivity contribution >= 4 is 17.5 Å². The van der Waals surface area contributed by atoms with Gasteiger partial charge in [0.15, 0.2) is 11.5 Å². The molecule has 154 valence electrons. The SMILES string of the molecule is COc1cc2c(cc1OC)[C@@H](c1cccc(Cl)c1)N(C(=O)c1cccc(F)c1)CC2. The summed E-state index contributed by atoms with van der Waals surface area (Å²) in [4.78, 5) is 15.1. The molecule has 0 spiro atoms. The molecule has 1 amide bonds. The Labute approximate surface area is 179 Å². The van der Waals surface area contributed by atoms with Gasteiger partial charge >= 0.3 is 0 Å². The standard InChI is InChI=1S/C24H21ClFNO3/c1-29-21-13-15-9-10-27(24(28)17-6-4-8-19(26)12-17)23(20(15)14-22(21)30-2)16-5-3-7-18(25)11-16/h3-8,11-14,23H,9-10H2,1-2H3/t23-/m1/s1. The van der Waals surface area contributed by atoms with Crippen LogP contribution in [-0.4, -0.2) is 31.6 Å². The minimum absolute atomic E-state index is 0.236. The zero-order valence-corrected chi connectivity index (χ0v) is 17.4. The molecule has 1 heterocycles. The fourth-order valence-electron chi connectivity index (χ4n) is 3.99. The van der Waals surface area contributed by atoms with Crippen molar-refractivity contribution in [2.24, 2.45) is 0 Å². The van der Waals surface area contributed by atoms with Crippen molar-refractivity contribution in [3.63, 3.8) is 0 Å². The molecule has 4 rings (SSSR count). The highest BCUT2D eigenvalue weighted by Crippen LogP contribution is 2.42. The summed E-state index contributed by atoms with van der Waals surface area (Å²) in [6, 6.07) is 16.7. The predicted molar refractivity (Wildman–Crippen MR) is 114 cm³/mol. The van der Waals surface area contributed by atoms with Crippen LogP contribution in [0, 0.1) is 5.82 Å². The summed E-state index contributed by atoms with van der Waals surface area (Å²) in [5.41, 5.74) is 3.19. The monoisotopic (exact) mass is 425 g/mol. The van der Waals surface area contributed by atoms with Crippen molar-refractivity contribution in [3.8, 4) is 11.5 Å². The van der Waals surface area contributed by atoms with Crippen LogP contribution in [0.2, 0.25) is 5.02 Å². The van der Waals surface area contributed by atoms with E-state index in [1.165, 1.54) is 12.1 Å². The topological polar surface area (TPSA) is 38.8 Å². The van der Waals surface area contributed by atoms with Crippen molar-refractivity contribution in [1.29, 1.82) is 0 Å². The third-order valence-corrected chi connectivity index (χ3v) is 5.61. The maximum absolute atomic E-state index is 13.8. The first kappa shape index (κ1) is 20.2. The second-order valence-corrected chi connectivity index (χ2v) is 7.56. The fraction of sp³-hybridized carbons (Fsp3) is 0.208. The molecule has 0 fully saturated rings. The van der Waals surface area contributed by atoms with Gasteiger partial charge in [0.1, 0.15) is 5.82 Å². The zero-order valence-electron chi connectivity index (χ0n) is 16.7. The van der Waals surface area contributed by atoms with Crippen LogP contribution in [0.3, 0.4) is 0 Å². The van der Waals surface area contributed by atoms with E-state index < -0.39 is 5.82 Å². The Morgan fingerprint density at radius 1 is 1.03 bits per heavy atom. The summed E-state index contributed by atoms with van der Waals surface area (Å²) in [6.07, 6.45) is 0.647. The van der Waals surface area contributed by atoms with Crippen LogP contribution in [0.25, 0.3) is 0 Å². The number of rotatable bonds is 4. The van der Waals surface area contributed by atoms with E-state index in [1.807, 2.05) is 30.3 Å². The first-order valence-electron chi connectivity index (χ1n) is 9.58. The van der Waals surface area contributed by atoms with E-state index in [2.05, 4.69) is 0 Å². The predicted octanol–water partition coefficient (Wildman–Crippen LogP) is 5.28. The van der Waals surface area contributed by atoms with E-state index >= 15 is 0 Å². The summed E-state index contributed by atoms with van der Waals surface area (Å²) in [5.74, 6) is 0.554. The summed E-state index contributed by atoms with van der Waals surface area (Å²) in [6.45, 7) is 0.481. The molecule has 0 bridgehead atoms. The summed E-state index contributed by atoms with van der Waals surface area (Å²) in [5, 5.41) is 0.582. The van der Waals surface area contributed by atoms with Gasteiger partial charge in [-0.3, -0.25) is 4.79 Å². The van der Waals surface area contributed by atoms with Gasteiger partial charge in [-0.2, -0.15) is 0 Å². The minimum atomic E-state index is -0.441. The Morgan fingerprint density at radius 3 is 2.47 bits per heavy atom. The molecule has 3 aromatic carbocycles. The lowest BCUT2D eigenvalue weighted by Gasteiger charge is -2.38. The van der Waals surface area contributed by atoms with Crippen molar-refractivity contribution in [3.05, 3.63) is 93.8 Å². The minimum Gasteiger partial charge on any atom is -0.493 e. The first-order valence-corrected chi connectivity index (χ1v) is 9.96. The van der Waals surface area contributed by atoms with Gasteiger partial charge in [0.05, 0.1) is 20.3 Å². The van der Waals surface area contributed by atoms with Crippen molar-refractivity contribution < 1.29 is 18.7 Å². The molecule has 30 heavy (non-hydrogen) atoms. The van der Waals surface area contributed by atoms with E-state index in [4.69, 9.17) is 21.1 Å². The van der Waals surface area contributed by atoms with E-state index in [0.717, 1.165) is 16.7 Å². The van der Waals surface area contributed by atoms with Gasteiger partial charge in [0.2, 0.25) is 0 Å². The maximum Gasteiger partial charge on any atom is 0.254 e. The number of ether oxygens (including phenoxy) is 2. The van der Waals surface area contributed by atoms with E-state index in [-0.39, 0.29) is 11.9 Å². The molecule has 3 aromatic rings. The van der Waals surface area contributed by atoms with Gasteiger partial charge in [0, 0.05) is 17.1 Å². The van der Waals surface area contributed by atoms with Crippen LogP contribution in [0.5, 0.6) is 11.5 Å². The molecule has 0 N–H and O–H groups in total. The Kier molecular flexibility index (Phi) is 5.64. The second kappa shape index (κ2) is 8.36. The first-order chi connectivity index (χ1) is 14.5. The third kappa shape index (κ3) is 3.73. The van der Waals surface area contributed by atoms with Crippen molar-refractivity contribution in [1.82, 2.24) is 4.90 Å². The molecule has 4 nitrogen and oxygen atoms in total. The molecule has 0 radical (unpaired) electrons. The lowest BCUT2D eigenvalue weighted by molar-refractivity contribution is 0.0693. The molecule has 0 saturated carbocycles. The summed E-state index contributed by atoms with van der Waals surface area (Å²) in [7, 11) is 3.18. The van der Waals surface area contributed by atoms with Crippen LogP contribution in [0.1, 0.15) is 33.1 Å². The number of hydrogen-bond donors (Lipinski definition) is 0. The highest BCUT2D eigenvalue weighted by Gasteiger charge is 2.34. The van der Waals surface area contributed by atoms with Crippen LogP contribution in [-0.2, 0) is 6.42 Å². The van der Waals surface area contributed by atoms with Crippen LogP contribution < -0.4 is 9.47 Å². The largest absolute Gasteiger partial charge is 0.493 e. The van der Waals surface area contributed by atoms with Gasteiger partial charge < -0.3 is 14.4 Å². The fourth-order valence-corrected chi connectivity index (χ4v) is 4.19. The van der Waals surface area contributed by atoms with Gasteiger partial charge in [-0.15, -0.1) is 0 Å². The van der Waals surface area contributed by atoms with Gasteiger partial charge in [-0.05, 0) is 65.6 Å². The Bertz CT molecular complexity index is 1100. The molecule has 0 saturated heterocycles. The Hall–Kier alpha value is -3.05. The van der Waals surface area contributed by atoms with E-state index in [1.54, 1.807) is 37.3 Å². The highest BCUT2D eigenvalue weighted by molar-refractivity contribution is 6.30. The Morgan fingerprint density at radius 2 is 1.77 bits per heavy atom. The average Bonchev–Trinajstić information content (AvgIpc) is 2.76. The van der Waals surface area contributed by atoms with Gasteiger partial charge in [0.25, 0.3) is 5.91 Å². The normalized spacial score (nSPS) is 15.5. The van der Waals surface area contributed by atoms with Crippen LogP contribution >= 0.6 is 11.6 Å². The molecule has 1 atom stereocenters. The quantitative estimate of drug-likeness (QED) is 0.570. The van der Waals surface area contributed by atoms with E-state index in [9.17, 15) is 9.18 Å². The van der Waals surface area contributed by atoms with E-state index in [0.29, 0.717) is 35.1 Å². The Balaban J connectivity index is 1.86. The van der Waals surface area contributed by atoms with Crippen molar-refractivity contribution in [2.45, 2.75) is 12.5 Å². The molecule has 0 unspecified atom stereocenters. The van der Waals surface area contributed by atoms with Crippen molar-refractivity contribution in [2.75, 3.05) is 20.8 Å². The highest BCUT2D eigenvalue weighted by atomic mass is 35.5. The zero-order chi connectivity index (χ0) is 21.3. The van der Waals surface area contributed by atoms with Gasteiger partial charge in [-0.25, -0.2) is 4.39 Å². The number of carbonyl (C=O) groups is 1. The molecule has 1 aliphatic heterocycles. The summed E-state index contributed by atoms with van der Waals surface area (Å²) < 4.78 is 24.7. The van der Waals surface area contributed by atoms with Gasteiger partial charge in [-0.1, -0.05) is 29.8 Å². The third-order valence-electron chi connectivity index (χ3n) is 5.37. The smallest absolute Gasteiger partial charge is 0.254 e. The molecule has 6 heteroatoms. The number of methoxy groups -OCH3 is 2. The number of carbonyl (C=O) groups excluding carboxylic acids is 1. The lowest BCUT2D eigenvalue weighted by Crippen LogP contribution is -2.40. The maximum atomic E-state index is 13.8. The molecule has 0 aliphatic carbocycles. The van der Waals surface area contributed by atoms with Crippen LogP contribution in [0.15, 0.2) is 60.7 Å². The second-order valence-electron chi connectivity index (χ2n) is 7.12. The molecule has 1 aliphatic rings. The number of halogens is 2. The average molecular weight is 426 g/mol. The number of amides is 1. The molecular weight excluding hydrogens is 405 g/mol. The lowest BCUT2D eigenvalue weighted by atomic mass is 9.87. The number of nitrogens with zero attached hydrogens (tertiary/aromatic N) is 1. The molecule has 0 aromatic heterocycles. The number of fused-ring (bicyclic) bond motifs is 1. The molecular formula is C24H21ClFNO3. The number of benzene rings is 3. The number of hydrogen-bond acceptors (Lipinski definition) is 3. The summed E-state index contributed by atoms with van der Waals surface area (Å²) >= 11 is 6.26.